The molecule has 1 aliphatic carbocycles. The molecule has 4 heteroatoms. The summed E-state index contributed by atoms with van der Waals surface area (Å²) in [6.07, 6.45) is 5.23. The van der Waals surface area contributed by atoms with E-state index in [4.69, 9.17) is 10.5 Å². The van der Waals surface area contributed by atoms with E-state index in [1.165, 1.54) is 0 Å². The van der Waals surface area contributed by atoms with E-state index in [9.17, 15) is 4.79 Å². The molecule has 2 fully saturated rings. The molecule has 3 N–H and O–H groups in total. The van der Waals surface area contributed by atoms with Crippen LogP contribution in [0.5, 0.6) is 0 Å². The van der Waals surface area contributed by atoms with Gasteiger partial charge >= 0.3 is 0 Å². The van der Waals surface area contributed by atoms with Gasteiger partial charge in [-0.05, 0) is 32.1 Å². The van der Waals surface area contributed by atoms with Gasteiger partial charge in [0, 0.05) is 12.6 Å². The molecule has 2 atom stereocenters. The molecule has 14 heavy (non-hydrogen) atoms. The Labute approximate surface area is 84.2 Å². The lowest BCUT2D eigenvalue weighted by atomic mass is 10.1. The second kappa shape index (κ2) is 4.28. The summed E-state index contributed by atoms with van der Waals surface area (Å²) in [5.74, 6) is -0.0111. The fraction of sp³-hybridized carbons (Fsp3) is 0.900. The summed E-state index contributed by atoms with van der Waals surface area (Å²) in [4.78, 5) is 11.5. The van der Waals surface area contributed by atoms with E-state index in [1.807, 2.05) is 0 Å². The van der Waals surface area contributed by atoms with Gasteiger partial charge in [0.2, 0.25) is 5.91 Å². The zero-order chi connectivity index (χ0) is 9.97. The van der Waals surface area contributed by atoms with Crippen molar-refractivity contribution in [3.05, 3.63) is 0 Å². The molecule has 80 valence electrons. The number of rotatable bonds is 4. The van der Waals surface area contributed by atoms with E-state index < -0.39 is 6.04 Å². The fourth-order valence-electron chi connectivity index (χ4n) is 1.76. The smallest absolute Gasteiger partial charge is 0.237 e. The Morgan fingerprint density at radius 1 is 1.50 bits per heavy atom. The maximum absolute atomic E-state index is 11.5. The first-order chi connectivity index (χ1) is 6.75. The van der Waals surface area contributed by atoms with Crippen LogP contribution in [0, 0.1) is 0 Å². The number of hydrogen-bond acceptors (Lipinski definition) is 3. The summed E-state index contributed by atoms with van der Waals surface area (Å²) in [5, 5.41) is 2.91. The van der Waals surface area contributed by atoms with Crippen LogP contribution < -0.4 is 11.1 Å². The average molecular weight is 198 g/mol. The van der Waals surface area contributed by atoms with Gasteiger partial charge < -0.3 is 15.8 Å². The zero-order valence-corrected chi connectivity index (χ0v) is 8.37. The number of amides is 1. The average Bonchev–Trinajstić information content (AvgIpc) is 2.81. The van der Waals surface area contributed by atoms with Gasteiger partial charge in [0.15, 0.2) is 0 Å². The predicted molar refractivity (Wildman–Crippen MR) is 52.7 cm³/mol. The van der Waals surface area contributed by atoms with Crippen molar-refractivity contribution in [1.82, 2.24) is 5.32 Å². The normalized spacial score (nSPS) is 28.8. The minimum absolute atomic E-state index is 0.0111. The van der Waals surface area contributed by atoms with Gasteiger partial charge in [-0.25, -0.2) is 0 Å². The first-order valence-electron chi connectivity index (χ1n) is 5.43. The largest absolute Gasteiger partial charge is 0.378 e. The van der Waals surface area contributed by atoms with Crippen molar-refractivity contribution < 1.29 is 9.53 Å². The van der Waals surface area contributed by atoms with Crippen LogP contribution in [0.3, 0.4) is 0 Å². The molecule has 4 nitrogen and oxygen atoms in total. The SMILES string of the molecule is N[C@@H](CC1CCCO1)C(=O)NC1CC1. The Balaban J connectivity index is 1.69. The molecule has 2 rings (SSSR count). The zero-order valence-electron chi connectivity index (χ0n) is 8.37. The Kier molecular flexibility index (Phi) is 3.03. The van der Waals surface area contributed by atoms with E-state index in [-0.39, 0.29) is 12.0 Å². The van der Waals surface area contributed by atoms with Crippen LogP contribution in [0.2, 0.25) is 0 Å². The Bertz CT molecular complexity index is 210. The van der Waals surface area contributed by atoms with Crippen molar-refractivity contribution in [3.63, 3.8) is 0 Å². The third-order valence-electron chi connectivity index (χ3n) is 2.80. The molecule has 0 radical (unpaired) electrons. The molecule has 2 aliphatic rings. The lowest BCUT2D eigenvalue weighted by Crippen LogP contribution is -2.43. The van der Waals surface area contributed by atoms with E-state index in [1.54, 1.807) is 0 Å². The summed E-state index contributed by atoms with van der Waals surface area (Å²) < 4.78 is 5.43. The van der Waals surface area contributed by atoms with Crippen LogP contribution >= 0.6 is 0 Å². The third-order valence-corrected chi connectivity index (χ3v) is 2.80. The van der Waals surface area contributed by atoms with Crippen molar-refractivity contribution in [2.75, 3.05) is 6.61 Å². The van der Waals surface area contributed by atoms with Gasteiger partial charge in [0.1, 0.15) is 0 Å². The Morgan fingerprint density at radius 2 is 2.29 bits per heavy atom. The molecular weight excluding hydrogens is 180 g/mol. The second-order valence-electron chi connectivity index (χ2n) is 4.26. The molecule has 1 heterocycles. The summed E-state index contributed by atoms with van der Waals surface area (Å²) in [5.41, 5.74) is 5.78. The van der Waals surface area contributed by atoms with Crippen LogP contribution in [-0.4, -0.2) is 30.7 Å². The number of hydrogen-bond donors (Lipinski definition) is 2. The van der Waals surface area contributed by atoms with Crippen LogP contribution in [0.25, 0.3) is 0 Å². The maximum Gasteiger partial charge on any atom is 0.237 e. The minimum atomic E-state index is -0.390. The molecule has 0 aromatic heterocycles. The third kappa shape index (κ3) is 2.69. The molecule has 1 saturated heterocycles. The molecular formula is C10H18N2O2. The molecule has 0 spiro atoms. The van der Waals surface area contributed by atoms with Gasteiger partial charge in [-0.1, -0.05) is 0 Å². The molecule has 0 bridgehead atoms. The van der Waals surface area contributed by atoms with Gasteiger partial charge in [-0.2, -0.15) is 0 Å². The van der Waals surface area contributed by atoms with Crippen molar-refractivity contribution in [1.29, 1.82) is 0 Å². The van der Waals surface area contributed by atoms with Gasteiger partial charge in [-0.3, -0.25) is 4.79 Å². The standard InChI is InChI=1S/C10H18N2O2/c11-9(6-8-2-1-5-14-8)10(13)12-7-3-4-7/h7-9H,1-6,11H2,(H,12,13)/t8?,9-/m0/s1. The topological polar surface area (TPSA) is 64.3 Å². The predicted octanol–water partition coefficient (Wildman–Crippen LogP) is 0.161. The highest BCUT2D eigenvalue weighted by Crippen LogP contribution is 2.20. The van der Waals surface area contributed by atoms with E-state index in [0.29, 0.717) is 12.5 Å². The van der Waals surface area contributed by atoms with Crippen LogP contribution in [-0.2, 0) is 9.53 Å². The number of carbonyl (C=O) groups excluding carboxylic acids is 1. The van der Waals surface area contributed by atoms with Crippen molar-refractivity contribution in [3.8, 4) is 0 Å². The Hall–Kier alpha value is -0.610. The molecule has 1 aliphatic heterocycles. The quantitative estimate of drug-likeness (QED) is 0.676. The summed E-state index contributed by atoms with van der Waals surface area (Å²) >= 11 is 0. The van der Waals surface area contributed by atoms with Gasteiger partial charge in [0.25, 0.3) is 0 Å². The summed E-state index contributed by atoms with van der Waals surface area (Å²) in [6.45, 7) is 0.821. The lowest BCUT2D eigenvalue weighted by Gasteiger charge is -2.15. The monoisotopic (exact) mass is 198 g/mol. The van der Waals surface area contributed by atoms with Gasteiger partial charge in [-0.15, -0.1) is 0 Å². The first-order valence-corrected chi connectivity index (χ1v) is 5.43. The highest BCUT2D eigenvalue weighted by molar-refractivity contribution is 5.82. The highest BCUT2D eigenvalue weighted by atomic mass is 16.5. The van der Waals surface area contributed by atoms with Crippen LogP contribution in [0.15, 0.2) is 0 Å². The van der Waals surface area contributed by atoms with Crippen molar-refractivity contribution in [2.24, 2.45) is 5.73 Å². The first kappa shape index (κ1) is 9.93. The van der Waals surface area contributed by atoms with Crippen molar-refractivity contribution >= 4 is 5.91 Å². The molecule has 1 unspecified atom stereocenters. The second-order valence-corrected chi connectivity index (χ2v) is 4.26. The van der Waals surface area contributed by atoms with E-state index in [2.05, 4.69) is 5.32 Å². The maximum atomic E-state index is 11.5. The summed E-state index contributed by atoms with van der Waals surface area (Å²) in [7, 11) is 0. The van der Waals surface area contributed by atoms with Crippen LogP contribution in [0.1, 0.15) is 32.1 Å². The number of nitrogens with two attached hydrogens (primary N) is 1. The van der Waals surface area contributed by atoms with Gasteiger partial charge in [0.05, 0.1) is 12.1 Å². The number of carbonyl (C=O) groups is 1. The molecule has 1 amide bonds. The molecule has 0 aromatic rings. The number of ether oxygens (including phenoxy) is 1. The lowest BCUT2D eigenvalue weighted by molar-refractivity contribution is -0.123. The van der Waals surface area contributed by atoms with Crippen LogP contribution in [0.4, 0.5) is 0 Å². The van der Waals surface area contributed by atoms with Crippen molar-refractivity contribution in [2.45, 2.75) is 50.3 Å². The highest BCUT2D eigenvalue weighted by Gasteiger charge is 2.28. The molecule has 1 saturated carbocycles. The van der Waals surface area contributed by atoms with E-state index in [0.717, 1.165) is 32.3 Å². The van der Waals surface area contributed by atoms with E-state index >= 15 is 0 Å². The Morgan fingerprint density at radius 3 is 2.86 bits per heavy atom. The fourth-order valence-corrected chi connectivity index (χ4v) is 1.76. The minimum Gasteiger partial charge on any atom is -0.378 e. The summed E-state index contributed by atoms with van der Waals surface area (Å²) in [6, 6.07) is 0.0109. The molecule has 0 aromatic carbocycles. The number of nitrogens with one attached hydrogen (secondary N) is 1.